The Morgan fingerprint density at radius 3 is 1.36 bits per heavy atom. The summed E-state index contributed by atoms with van der Waals surface area (Å²) in [5.74, 6) is 0. The molecule has 10 aromatic carbocycles. The lowest BCUT2D eigenvalue weighted by molar-refractivity contribution is 0.661. The summed E-state index contributed by atoms with van der Waals surface area (Å²) in [5, 5.41) is 7.67. The average Bonchev–Trinajstić information content (AvgIpc) is 3.66. The van der Waals surface area contributed by atoms with Gasteiger partial charge in [0.05, 0.1) is 0 Å². The molecular formula is C60H45N. The van der Waals surface area contributed by atoms with Crippen molar-refractivity contribution in [3.63, 3.8) is 0 Å². The SMILES string of the molecule is CC1(C)c2ccccc2-c2cc3c(-c4ccccc4)c4cc5c(cc4c(-c4ccccc4)c3cc21)C(C)(C)c1cc(N(c2ccccc2)c2ccc3ccccc3c2)ccc1-5. The lowest BCUT2D eigenvalue weighted by atomic mass is 9.78. The Kier molecular flexibility index (Phi) is 7.69. The summed E-state index contributed by atoms with van der Waals surface area (Å²) in [6.45, 7) is 9.63. The maximum absolute atomic E-state index is 2.56. The monoisotopic (exact) mass is 779 g/mol. The molecule has 0 saturated carbocycles. The molecule has 0 saturated heterocycles. The molecule has 12 rings (SSSR count). The van der Waals surface area contributed by atoms with E-state index in [1.807, 2.05) is 0 Å². The minimum Gasteiger partial charge on any atom is -0.310 e. The van der Waals surface area contributed by atoms with E-state index < -0.39 is 0 Å². The Hall–Kier alpha value is -7.22. The summed E-state index contributed by atoms with van der Waals surface area (Å²) in [6, 6.07) is 74.8. The van der Waals surface area contributed by atoms with Crippen molar-refractivity contribution in [1.29, 1.82) is 0 Å². The standard InChI is InChI=1S/C60H45N/c1-59(2)53-27-17-16-26-45(53)47-34-49-51(36-55(47)59)58(40-21-10-6-11-22-40)52-37-56-48(35-50(52)57(49)39-19-8-5-9-20-39)46-31-30-44(33-54(46)60(56,3)4)61(42-24-12-7-13-25-42)43-29-28-38-18-14-15-23-41(38)32-43/h5-37H,1-4H3. The molecule has 0 aliphatic heterocycles. The number of para-hydroxylation sites is 1. The fraction of sp³-hybridized carbons (Fsp3) is 0.100. The molecule has 1 nitrogen and oxygen atoms in total. The van der Waals surface area contributed by atoms with Gasteiger partial charge in [-0.05, 0) is 160 Å². The van der Waals surface area contributed by atoms with Crippen LogP contribution in [0.4, 0.5) is 17.1 Å². The molecule has 0 N–H and O–H groups in total. The van der Waals surface area contributed by atoms with Crippen molar-refractivity contribution in [3.8, 4) is 44.5 Å². The van der Waals surface area contributed by atoms with Crippen LogP contribution in [0.15, 0.2) is 200 Å². The summed E-state index contributed by atoms with van der Waals surface area (Å²) in [5.41, 5.74) is 19.0. The van der Waals surface area contributed by atoms with E-state index in [0.29, 0.717) is 0 Å². The maximum atomic E-state index is 2.56. The van der Waals surface area contributed by atoms with E-state index in [4.69, 9.17) is 0 Å². The second-order valence-electron chi connectivity index (χ2n) is 18.1. The third kappa shape index (κ3) is 5.26. The lowest BCUT2D eigenvalue weighted by Crippen LogP contribution is -2.16. The molecule has 2 aliphatic carbocycles. The highest BCUT2D eigenvalue weighted by molar-refractivity contribution is 6.23. The molecule has 0 aromatic heterocycles. The van der Waals surface area contributed by atoms with Crippen molar-refractivity contribution in [2.45, 2.75) is 38.5 Å². The molecule has 0 fully saturated rings. The first-order valence-corrected chi connectivity index (χ1v) is 21.6. The molecular weight excluding hydrogens is 735 g/mol. The molecule has 0 radical (unpaired) electrons. The topological polar surface area (TPSA) is 3.24 Å². The van der Waals surface area contributed by atoms with E-state index in [-0.39, 0.29) is 10.8 Å². The molecule has 0 atom stereocenters. The van der Waals surface area contributed by atoms with Gasteiger partial charge in [0, 0.05) is 27.9 Å². The largest absolute Gasteiger partial charge is 0.310 e. The molecule has 0 bridgehead atoms. The van der Waals surface area contributed by atoms with Crippen LogP contribution in [-0.4, -0.2) is 0 Å². The van der Waals surface area contributed by atoms with Gasteiger partial charge in [0.1, 0.15) is 0 Å². The van der Waals surface area contributed by atoms with Gasteiger partial charge in [-0.2, -0.15) is 0 Å². The zero-order valence-corrected chi connectivity index (χ0v) is 35.0. The summed E-state index contributed by atoms with van der Waals surface area (Å²) in [6.07, 6.45) is 0. The number of hydrogen-bond donors (Lipinski definition) is 0. The molecule has 0 amide bonds. The second kappa shape index (κ2) is 13.1. The van der Waals surface area contributed by atoms with Crippen LogP contribution >= 0.6 is 0 Å². The fourth-order valence-electron chi connectivity index (χ4n) is 10.9. The summed E-state index contributed by atoms with van der Waals surface area (Å²) in [4.78, 5) is 2.41. The van der Waals surface area contributed by atoms with Crippen LogP contribution < -0.4 is 4.90 Å². The van der Waals surface area contributed by atoms with Crippen LogP contribution in [0.1, 0.15) is 49.9 Å². The van der Waals surface area contributed by atoms with Gasteiger partial charge in [0.15, 0.2) is 0 Å². The van der Waals surface area contributed by atoms with E-state index in [1.165, 1.54) is 99.1 Å². The fourth-order valence-corrected chi connectivity index (χ4v) is 10.9. The van der Waals surface area contributed by atoms with Crippen LogP contribution in [0.25, 0.3) is 76.8 Å². The lowest BCUT2D eigenvalue weighted by Gasteiger charge is -2.28. The summed E-state index contributed by atoms with van der Waals surface area (Å²) < 4.78 is 0. The number of rotatable bonds is 5. The normalized spacial score (nSPS) is 14.2. The van der Waals surface area contributed by atoms with Crippen LogP contribution in [0.5, 0.6) is 0 Å². The Labute approximate surface area is 358 Å². The smallest absolute Gasteiger partial charge is 0.0468 e. The molecule has 0 heterocycles. The van der Waals surface area contributed by atoms with Gasteiger partial charge in [0.2, 0.25) is 0 Å². The highest BCUT2D eigenvalue weighted by Gasteiger charge is 2.39. The van der Waals surface area contributed by atoms with Crippen molar-refractivity contribution >= 4 is 49.4 Å². The highest BCUT2D eigenvalue weighted by Crippen LogP contribution is 2.57. The quantitative estimate of drug-likeness (QED) is 0.157. The predicted molar refractivity (Wildman–Crippen MR) is 260 cm³/mol. The first-order valence-electron chi connectivity index (χ1n) is 21.6. The molecule has 0 unspecified atom stereocenters. The van der Waals surface area contributed by atoms with Crippen molar-refractivity contribution in [2.75, 3.05) is 4.90 Å². The van der Waals surface area contributed by atoms with E-state index in [0.717, 1.165) is 17.1 Å². The second-order valence-corrected chi connectivity index (χ2v) is 18.1. The van der Waals surface area contributed by atoms with Gasteiger partial charge in [-0.1, -0.05) is 167 Å². The number of anilines is 3. The number of nitrogens with zero attached hydrogens (tertiary/aromatic N) is 1. The van der Waals surface area contributed by atoms with Crippen molar-refractivity contribution in [1.82, 2.24) is 0 Å². The maximum Gasteiger partial charge on any atom is 0.0468 e. The van der Waals surface area contributed by atoms with Gasteiger partial charge in [-0.25, -0.2) is 0 Å². The molecule has 1 heteroatoms. The van der Waals surface area contributed by atoms with Crippen molar-refractivity contribution < 1.29 is 0 Å². The Morgan fingerprint density at radius 2 is 0.738 bits per heavy atom. The predicted octanol–water partition coefficient (Wildman–Crippen LogP) is 16.6. The highest BCUT2D eigenvalue weighted by atomic mass is 15.1. The average molecular weight is 780 g/mol. The van der Waals surface area contributed by atoms with Crippen LogP contribution in [0, 0.1) is 0 Å². The van der Waals surface area contributed by atoms with E-state index in [1.54, 1.807) is 0 Å². The zero-order chi connectivity index (χ0) is 41.0. The Balaban J connectivity index is 1.14. The first kappa shape index (κ1) is 35.7. The van der Waals surface area contributed by atoms with E-state index in [2.05, 4.69) is 233 Å². The number of hydrogen-bond acceptors (Lipinski definition) is 1. The summed E-state index contributed by atoms with van der Waals surface area (Å²) in [7, 11) is 0. The van der Waals surface area contributed by atoms with Crippen molar-refractivity contribution in [3.05, 3.63) is 222 Å². The Bertz CT molecular complexity index is 3390. The van der Waals surface area contributed by atoms with Gasteiger partial charge in [0.25, 0.3) is 0 Å². The van der Waals surface area contributed by atoms with Crippen LogP contribution in [-0.2, 0) is 10.8 Å². The van der Waals surface area contributed by atoms with Gasteiger partial charge < -0.3 is 4.90 Å². The van der Waals surface area contributed by atoms with Crippen LogP contribution in [0.3, 0.4) is 0 Å². The summed E-state index contributed by atoms with van der Waals surface area (Å²) >= 11 is 0. The molecule has 61 heavy (non-hydrogen) atoms. The molecule has 10 aromatic rings. The van der Waals surface area contributed by atoms with Gasteiger partial charge >= 0.3 is 0 Å². The third-order valence-corrected chi connectivity index (χ3v) is 14.0. The molecule has 290 valence electrons. The molecule has 0 spiro atoms. The minimum atomic E-state index is -0.252. The zero-order valence-electron chi connectivity index (χ0n) is 35.0. The number of fused-ring (bicyclic) bond motifs is 9. The van der Waals surface area contributed by atoms with E-state index in [9.17, 15) is 0 Å². The van der Waals surface area contributed by atoms with Gasteiger partial charge in [-0.15, -0.1) is 0 Å². The van der Waals surface area contributed by atoms with Crippen molar-refractivity contribution in [2.24, 2.45) is 0 Å². The number of benzene rings is 10. The minimum absolute atomic E-state index is 0.115. The third-order valence-electron chi connectivity index (χ3n) is 14.0. The van der Waals surface area contributed by atoms with Gasteiger partial charge in [-0.3, -0.25) is 0 Å². The molecule has 2 aliphatic rings. The van der Waals surface area contributed by atoms with E-state index >= 15 is 0 Å². The Morgan fingerprint density at radius 1 is 0.295 bits per heavy atom. The first-order chi connectivity index (χ1) is 29.8. The van der Waals surface area contributed by atoms with Crippen LogP contribution in [0.2, 0.25) is 0 Å².